The van der Waals surface area contributed by atoms with E-state index in [2.05, 4.69) is 52.0 Å². The minimum atomic E-state index is 0.0765. The number of pyridine rings is 1. The normalized spacial score (nSPS) is 14.5. The largest absolute Gasteiger partial charge is 0.336 e. The molecule has 0 unspecified atom stereocenters. The number of amides is 1. The van der Waals surface area contributed by atoms with Gasteiger partial charge in [-0.15, -0.1) is 0 Å². The monoisotopic (exact) mass is 499 g/mol. The van der Waals surface area contributed by atoms with E-state index in [1.54, 1.807) is 0 Å². The molecule has 1 aliphatic rings. The van der Waals surface area contributed by atoms with Gasteiger partial charge in [0.2, 0.25) is 0 Å². The Bertz CT molecular complexity index is 1280. The van der Waals surface area contributed by atoms with E-state index in [4.69, 9.17) is 4.98 Å². The molecule has 0 N–H and O–H groups in total. The number of rotatable bonds is 4. The van der Waals surface area contributed by atoms with Crippen LogP contribution in [0.1, 0.15) is 21.5 Å². The van der Waals surface area contributed by atoms with Crippen LogP contribution in [0.3, 0.4) is 0 Å². The standard InChI is InChI=1S/C28H26BrN3O/c1-20-7-9-21(10-8-20)19-31-13-15-32(16-14-31)28(33)25-18-27(22-5-3-2-4-6-22)30-26-12-11-23(29)17-24(25)26/h2-12,17-18H,13-16,19H2,1H3. The zero-order chi connectivity index (χ0) is 22.8. The Morgan fingerprint density at radius 1 is 0.909 bits per heavy atom. The van der Waals surface area contributed by atoms with Gasteiger partial charge in [0.25, 0.3) is 5.91 Å². The van der Waals surface area contributed by atoms with Crippen LogP contribution in [0.5, 0.6) is 0 Å². The number of piperazine rings is 1. The predicted octanol–water partition coefficient (Wildman–Crippen LogP) is 5.93. The molecule has 33 heavy (non-hydrogen) atoms. The van der Waals surface area contributed by atoms with Gasteiger partial charge in [0.1, 0.15) is 0 Å². The summed E-state index contributed by atoms with van der Waals surface area (Å²) in [6.45, 7) is 6.23. The van der Waals surface area contributed by atoms with Gasteiger partial charge in [-0.05, 0) is 36.8 Å². The Morgan fingerprint density at radius 3 is 2.36 bits per heavy atom. The lowest BCUT2D eigenvalue weighted by molar-refractivity contribution is 0.0630. The molecular formula is C28H26BrN3O. The van der Waals surface area contributed by atoms with Crippen molar-refractivity contribution in [2.75, 3.05) is 26.2 Å². The highest BCUT2D eigenvalue weighted by Crippen LogP contribution is 2.28. The van der Waals surface area contributed by atoms with Gasteiger partial charge < -0.3 is 4.90 Å². The fourth-order valence-electron chi connectivity index (χ4n) is 4.36. The first kappa shape index (κ1) is 21.8. The van der Waals surface area contributed by atoms with E-state index in [0.29, 0.717) is 5.56 Å². The molecule has 0 aliphatic carbocycles. The van der Waals surface area contributed by atoms with Crippen LogP contribution in [0.4, 0.5) is 0 Å². The smallest absolute Gasteiger partial charge is 0.254 e. The van der Waals surface area contributed by atoms with Gasteiger partial charge >= 0.3 is 0 Å². The highest BCUT2D eigenvalue weighted by Gasteiger charge is 2.24. The summed E-state index contributed by atoms with van der Waals surface area (Å²) in [6.07, 6.45) is 0. The molecule has 166 valence electrons. The van der Waals surface area contributed by atoms with Crippen molar-refractivity contribution in [2.24, 2.45) is 0 Å². The maximum Gasteiger partial charge on any atom is 0.254 e. The van der Waals surface area contributed by atoms with Gasteiger partial charge in [0, 0.05) is 48.1 Å². The molecule has 5 heteroatoms. The molecule has 2 heterocycles. The van der Waals surface area contributed by atoms with Gasteiger partial charge in [-0.3, -0.25) is 9.69 Å². The predicted molar refractivity (Wildman–Crippen MR) is 137 cm³/mol. The van der Waals surface area contributed by atoms with Crippen molar-refractivity contribution in [1.29, 1.82) is 0 Å². The molecule has 0 saturated carbocycles. The molecule has 0 radical (unpaired) electrons. The molecule has 4 aromatic rings. The van der Waals surface area contributed by atoms with E-state index >= 15 is 0 Å². The Labute approximate surface area is 203 Å². The average molecular weight is 500 g/mol. The lowest BCUT2D eigenvalue weighted by Gasteiger charge is -2.35. The number of carbonyl (C=O) groups excluding carboxylic acids is 1. The van der Waals surface area contributed by atoms with Crippen LogP contribution in [-0.2, 0) is 6.54 Å². The van der Waals surface area contributed by atoms with Crippen molar-refractivity contribution in [2.45, 2.75) is 13.5 Å². The number of halogens is 1. The highest BCUT2D eigenvalue weighted by molar-refractivity contribution is 9.10. The lowest BCUT2D eigenvalue weighted by atomic mass is 10.0. The van der Waals surface area contributed by atoms with Crippen molar-refractivity contribution < 1.29 is 4.79 Å². The number of aryl methyl sites for hydroxylation is 1. The third kappa shape index (κ3) is 4.85. The summed E-state index contributed by atoms with van der Waals surface area (Å²) in [5.74, 6) is 0.0765. The molecule has 1 saturated heterocycles. The third-order valence-electron chi connectivity index (χ3n) is 6.26. The number of hydrogen-bond acceptors (Lipinski definition) is 3. The molecule has 1 amide bonds. The van der Waals surface area contributed by atoms with Gasteiger partial charge in [-0.25, -0.2) is 4.98 Å². The zero-order valence-corrected chi connectivity index (χ0v) is 20.3. The second kappa shape index (κ2) is 9.46. The average Bonchev–Trinajstić information content (AvgIpc) is 2.85. The first-order valence-electron chi connectivity index (χ1n) is 11.3. The minimum absolute atomic E-state index is 0.0765. The summed E-state index contributed by atoms with van der Waals surface area (Å²) in [4.78, 5) is 22.9. The van der Waals surface area contributed by atoms with Crippen LogP contribution in [0.2, 0.25) is 0 Å². The zero-order valence-electron chi connectivity index (χ0n) is 18.7. The second-order valence-electron chi connectivity index (χ2n) is 8.64. The molecule has 5 rings (SSSR count). The topological polar surface area (TPSA) is 36.4 Å². The van der Waals surface area contributed by atoms with E-state index < -0.39 is 0 Å². The first-order valence-corrected chi connectivity index (χ1v) is 12.1. The van der Waals surface area contributed by atoms with Crippen molar-refractivity contribution >= 4 is 32.7 Å². The number of benzene rings is 3. The van der Waals surface area contributed by atoms with Crippen LogP contribution in [0.25, 0.3) is 22.2 Å². The van der Waals surface area contributed by atoms with Crippen molar-refractivity contribution in [1.82, 2.24) is 14.8 Å². The van der Waals surface area contributed by atoms with Crippen LogP contribution >= 0.6 is 15.9 Å². The first-order chi connectivity index (χ1) is 16.1. The number of carbonyl (C=O) groups is 1. The minimum Gasteiger partial charge on any atom is -0.336 e. The van der Waals surface area contributed by atoms with E-state index in [-0.39, 0.29) is 5.91 Å². The third-order valence-corrected chi connectivity index (χ3v) is 6.75. The van der Waals surface area contributed by atoms with Crippen LogP contribution < -0.4 is 0 Å². The van der Waals surface area contributed by atoms with Crippen molar-refractivity contribution in [3.05, 3.63) is 100 Å². The molecular weight excluding hydrogens is 474 g/mol. The maximum atomic E-state index is 13.7. The van der Waals surface area contributed by atoms with Crippen molar-refractivity contribution in [3.8, 4) is 11.3 Å². The number of hydrogen-bond donors (Lipinski definition) is 0. The second-order valence-corrected chi connectivity index (χ2v) is 9.55. The summed E-state index contributed by atoms with van der Waals surface area (Å²) >= 11 is 3.56. The van der Waals surface area contributed by atoms with Gasteiger partial charge in [0.15, 0.2) is 0 Å². The van der Waals surface area contributed by atoms with E-state index in [1.165, 1.54) is 11.1 Å². The van der Waals surface area contributed by atoms with Crippen LogP contribution in [0, 0.1) is 6.92 Å². The molecule has 3 aromatic carbocycles. The van der Waals surface area contributed by atoms with Crippen LogP contribution in [0.15, 0.2) is 83.3 Å². The Hall–Kier alpha value is -3.02. The SMILES string of the molecule is Cc1ccc(CN2CCN(C(=O)c3cc(-c4ccccc4)nc4ccc(Br)cc34)CC2)cc1. The molecule has 0 bridgehead atoms. The van der Waals surface area contributed by atoms with E-state index in [1.807, 2.05) is 59.5 Å². The number of nitrogens with zero attached hydrogens (tertiary/aromatic N) is 3. The van der Waals surface area contributed by atoms with Crippen molar-refractivity contribution in [3.63, 3.8) is 0 Å². The quantitative estimate of drug-likeness (QED) is 0.349. The van der Waals surface area contributed by atoms with E-state index in [9.17, 15) is 4.79 Å². The summed E-state index contributed by atoms with van der Waals surface area (Å²) in [6, 6.07) is 26.7. The fraction of sp³-hybridized carbons (Fsp3) is 0.214. The maximum absolute atomic E-state index is 13.7. The molecule has 1 aliphatic heterocycles. The summed E-state index contributed by atoms with van der Waals surface area (Å²) < 4.78 is 0.946. The molecule has 4 nitrogen and oxygen atoms in total. The molecule has 0 spiro atoms. The summed E-state index contributed by atoms with van der Waals surface area (Å²) in [7, 11) is 0. The lowest BCUT2D eigenvalue weighted by Crippen LogP contribution is -2.48. The molecule has 0 atom stereocenters. The fourth-order valence-corrected chi connectivity index (χ4v) is 4.72. The summed E-state index contributed by atoms with van der Waals surface area (Å²) in [5.41, 5.74) is 5.98. The van der Waals surface area contributed by atoms with Crippen LogP contribution in [-0.4, -0.2) is 46.9 Å². The van der Waals surface area contributed by atoms with Gasteiger partial charge in [-0.1, -0.05) is 76.1 Å². The molecule has 1 fully saturated rings. The molecule has 1 aromatic heterocycles. The number of aromatic nitrogens is 1. The van der Waals surface area contributed by atoms with Gasteiger partial charge in [-0.2, -0.15) is 0 Å². The Balaban J connectivity index is 1.39. The van der Waals surface area contributed by atoms with E-state index in [0.717, 1.165) is 59.4 Å². The number of fused-ring (bicyclic) bond motifs is 1. The van der Waals surface area contributed by atoms with Gasteiger partial charge in [0.05, 0.1) is 16.8 Å². The Morgan fingerprint density at radius 2 is 1.64 bits per heavy atom. The summed E-state index contributed by atoms with van der Waals surface area (Å²) in [5, 5.41) is 0.885. The highest BCUT2D eigenvalue weighted by atomic mass is 79.9. The Kier molecular flexibility index (Phi) is 6.25.